The first-order valence-corrected chi connectivity index (χ1v) is 3.78. The number of hydrogen-bond donors (Lipinski definition) is 1. The fourth-order valence-electron chi connectivity index (χ4n) is 0.950. The summed E-state index contributed by atoms with van der Waals surface area (Å²) in [5.41, 5.74) is 7.41. The highest BCUT2D eigenvalue weighted by Crippen LogP contribution is 2.16. The van der Waals surface area contributed by atoms with Crippen LogP contribution in [0.3, 0.4) is 0 Å². The third kappa shape index (κ3) is 1.15. The number of pyridine rings is 1. The van der Waals surface area contributed by atoms with Gasteiger partial charge in [0, 0.05) is 12.7 Å². The Morgan fingerprint density at radius 2 is 2.42 bits per heavy atom. The van der Waals surface area contributed by atoms with Crippen LogP contribution in [0.5, 0.6) is 0 Å². The van der Waals surface area contributed by atoms with Gasteiger partial charge in [-0.15, -0.1) is 0 Å². The molecule has 2 heterocycles. The number of aromatic nitrogens is 2. The van der Waals surface area contributed by atoms with Gasteiger partial charge < -0.3 is 10.2 Å². The van der Waals surface area contributed by atoms with Crippen LogP contribution >= 0.6 is 11.6 Å². The molecule has 0 fully saturated rings. The standard InChI is InChI=1S/C7H6ClN3O/c8-7-11-5-1-4(2-9)3-10-6(5)12-7/h1,3H,2,9H2. The van der Waals surface area contributed by atoms with Gasteiger partial charge in [0.15, 0.2) is 0 Å². The molecule has 2 aromatic heterocycles. The highest BCUT2D eigenvalue weighted by Gasteiger charge is 2.04. The second-order valence-electron chi connectivity index (χ2n) is 2.34. The van der Waals surface area contributed by atoms with E-state index in [0.29, 0.717) is 17.8 Å². The minimum Gasteiger partial charge on any atom is -0.408 e. The van der Waals surface area contributed by atoms with Crippen molar-refractivity contribution in [3.63, 3.8) is 0 Å². The van der Waals surface area contributed by atoms with Crippen molar-refractivity contribution in [2.24, 2.45) is 5.73 Å². The zero-order valence-corrected chi connectivity index (χ0v) is 6.88. The first-order valence-electron chi connectivity index (χ1n) is 3.40. The van der Waals surface area contributed by atoms with Crippen molar-refractivity contribution >= 4 is 22.8 Å². The average molecular weight is 184 g/mol. The maximum atomic E-state index is 5.53. The lowest BCUT2D eigenvalue weighted by atomic mass is 10.3. The van der Waals surface area contributed by atoms with Gasteiger partial charge in [-0.05, 0) is 23.2 Å². The van der Waals surface area contributed by atoms with Crippen molar-refractivity contribution in [1.29, 1.82) is 0 Å². The maximum absolute atomic E-state index is 5.53. The Hall–Kier alpha value is -1.13. The van der Waals surface area contributed by atoms with Crippen molar-refractivity contribution in [3.05, 3.63) is 23.2 Å². The molecular weight excluding hydrogens is 178 g/mol. The Bertz CT molecular complexity index is 412. The second-order valence-corrected chi connectivity index (χ2v) is 2.66. The molecule has 2 N–H and O–H groups in total. The Kier molecular flexibility index (Phi) is 1.71. The highest BCUT2D eigenvalue weighted by atomic mass is 35.5. The molecule has 0 bridgehead atoms. The van der Waals surface area contributed by atoms with Crippen LogP contribution in [0.2, 0.25) is 5.35 Å². The zero-order chi connectivity index (χ0) is 8.55. The van der Waals surface area contributed by atoms with Crippen molar-refractivity contribution in [1.82, 2.24) is 9.97 Å². The normalized spacial score (nSPS) is 10.8. The molecule has 0 saturated heterocycles. The van der Waals surface area contributed by atoms with Gasteiger partial charge in [0.05, 0.1) is 0 Å². The summed E-state index contributed by atoms with van der Waals surface area (Å²) in [4.78, 5) is 7.88. The zero-order valence-electron chi connectivity index (χ0n) is 6.12. The number of oxazole rings is 1. The number of nitrogens with zero attached hydrogens (tertiary/aromatic N) is 2. The van der Waals surface area contributed by atoms with Crippen molar-refractivity contribution in [3.8, 4) is 0 Å². The largest absolute Gasteiger partial charge is 0.408 e. The highest BCUT2D eigenvalue weighted by molar-refractivity contribution is 6.28. The summed E-state index contributed by atoms with van der Waals surface area (Å²) < 4.78 is 4.97. The Morgan fingerprint density at radius 1 is 1.58 bits per heavy atom. The lowest BCUT2D eigenvalue weighted by Gasteiger charge is -1.91. The van der Waals surface area contributed by atoms with E-state index in [9.17, 15) is 0 Å². The van der Waals surface area contributed by atoms with Crippen LogP contribution in [0.4, 0.5) is 0 Å². The van der Waals surface area contributed by atoms with Crippen LogP contribution in [-0.2, 0) is 6.54 Å². The molecule has 2 aromatic rings. The minimum atomic E-state index is 0.103. The second kappa shape index (κ2) is 2.73. The van der Waals surface area contributed by atoms with E-state index >= 15 is 0 Å². The molecule has 0 aliphatic carbocycles. The lowest BCUT2D eigenvalue weighted by Crippen LogP contribution is -1.96. The molecule has 5 heteroatoms. The molecule has 4 nitrogen and oxygen atoms in total. The Morgan fingerprint density at radius 3 is 3.17 bits per heavy atom. The molecular formula is C7H6ClN3O. The summed E-state index contributed by atoms with van der Waals surface area (Å²) in [6, 6.07) is 1.80. The topological polar surface area (TPSA) is 64.9 Å². The summed E-state index contributed by atoms with van der Waals surface area (Å²) in [6.07, 6.45) is 1.64. The smallest absolute Gasteiger partial charge is 0.294 e. The molecule has 12 heavy (non-hydrogen) atoms. The van der Waals surface area contributed by atoms with E-state index in [2.05, 4.69) is 9.97 Å². The molecule has 0 radical (unpaired) electrons. The van der Waals surface area contributed by atoms with Gasteiger partial charge in [-0.1, -0.05) is 0 Å². The fourth-order valence-corrected chi connectivity index (χ4v) is 1.11. The predicted molar refractivity (Wildman–Crippen MR) is 44.7 cm³/mol. The Balaban J connectivity index is 2.66. The summed E-state index contributed by atoms with van der Waals surface area (Å²) in [6.45, 7) is 0.438. The van der Waals surface area contributed by atoms with Crippen LogP contribution < -0.4 is 5.73 Å². The first kappa shape index (κ1) is 7.52. The molecule has 0 aliphatic rings. The van der Waals surface area contributed by atoms with E-state index in [1.54, 1.807) is 12.3 Å². The number of halogens is 1. The maximum Gasteiger partial charge on any atom is 0.294 e. The number of fused-ring (bicyclic) bond motifs is 1. The fraction of sp³-hybridized carbons (Fsp3) is 0.143. The number of hydrogen-bond acceptors (Lipinski definition) is 4. The predicted octanol–water partition coefficient (Wildman–Crippen LogP) is 1.33. The molecule has 0 saturated carbocycles. The average Bonchev–Trinajstić information content (AvgIpc) is 2.43. The monoisotopic (exact) mass is 183 g/mol. The van der Waals surface area contributed by atoms with Crippen molar-refractivity contribution in [2.75, 3.05) is 0 Å². The van der Waals surface area contributed by atoms with Gasteiger partial charge in [-0.2, -0.15) is 4.98 Å². The summed E-state index contributed by atoms with van der Waals surface area (Å²) in [5.74, 6) is 0. The molecule has 0 spiro atoms. The van der Waals surface area contributed by atoms with Crippen molar-refractivity contribution in [2.45, 2.75) is 6.54 Å². The summed E-state index contributed by atoms with van der Waals surface area (Å²) in [7, 11) is 0. The van der Waals surface area contributed by atoms with Gasteiger partial charge >= 0.3 is 0 Å². The van der Waals surface area contributed by atoms with E-state index in [1.165, 1.54) is 0 Å². The SMILES string of the molecule is NCc1cnc2oc(Cl)nc2c1. The summed E-state index contributed by atoms with van der Waals surface area (Å²) >= 11 is 5.53. The minimum absolute atomic E-state index is 0.103. The van der Waals surface area contributed by atoms with Gasteiger partial charge in [-0.25, -0.2) is 4.98 Å². The van der Waals surface area contributed by atoms with E-state index in [4.69, 9.17) is 21.8 Å². The quantitative estimate of drug-likeness (QED) is 0.725. The van der Waals surface area contributed by atoms with Crippen LogP contribution in [0.1, 0.15) is 5.56 Å². The Labute approximate surface area is 73.4 Å². The van der Waals surface area contributed by atoms with Crippen LogP contribution in [0, 0.1) is 0 Å². The van der Waals surface area contributed by atoms with Crippen molar-refractivity contribution < 1.29 is 4.42 Å². The molecule has 0 unspecified atom stereocenters. The van der Waals surface area contributed by atoms with E-state index in [-0.39, 0.29) is 5.35 Å². The molecule has 2 rings (SSSR count). The van der Waals surface area contributed by atoms with Gasteiger partial charge in [-0.3, -0.25) is 0 Å². The van der Waals surface area contributed by atoms with Crippen LogP contribution in [0.25, 0.3) is 11.2 Å². The molecule has 0 amide bonds. The third-order valence-electron chi connectivity index (χ3n) is 1.51. The first-order chi connectivity index (χ1) is 5.79. The van der Waals surface area contributed by atoms with Crippen LogP contribution in [-0.4, -0.2) is 9.97 Å². The number of rotatable bonds is 1. The summed E-state index contributed by atoms with van der Waals surface area (Å²) in [5, 5.41) is 0.103. The van der Waals surface area contributed by atoms with E-state index in [0.717, 1.165) is 5.56 Å². The molecule has 0 aromatic carbocycles. The van der Waals surface area contributed by atoms with Gasteiger partial charge in [0.25, 0.3) is 5.35 Å². The van der Waals surface area contributed by atoms with Gasteiger partial charge in [0.2, 0.25) is 5.71 Å². The lowest BCUT2D eigenvalue weighted by molar-refractivity contribution is 0.593. The molecule has 0 aliphatic heterocycles. The van der Waals surface area contributed by atoms with E-state index in [1.807, 2.05) is 0 Å². The van der Waals surface area contributed by atoms with Gasteiger partial charge in [0.1, 0.15) is 5.52 Å². The number of nitrogens with two attached hydrogens (primary N) is 1. The molecule has 62 valence electrons. The molecule has 0 atom stereocenters. The third-order valence-corrected chi connectivity index (χ3v) is 1.68. The van der Waals surface area contributed by atoms with Crippen LogP contribution in [0.15, 0.2) is 16.7 Å². The van der Waals surface area contributed by atoms with E-state index < -0.39 is 0 Å².